The lowest BCUT2D eigenvalue weighted by Crippen LogP contribution is -2.28. The lowest BCUT2D eigenvalue weighted by molar-refractivity contribution is 0.340. The molecular weight excluding hydrogens is 262 g/mol. The smallest absolute Gasteiger partial charge is 0.129 e. The molecule has 0 radical (unpaired) electrons. The second kappa shape index (κ2) is 6.52. The third-order valence-corrected chi connectivity index (χ3v) is 2.98. The Labute approximate surface area is 117 Å². The molecule has 2 rings (SSSR count). The van der Waals surface area contributed by atoms with E-state index in [1.165, 1.54) is 0 Å². The molecule has 0 aliphatic heterocycles. The van der Waals surface area contributed by atoms with E-state index in [-0.39, 0.29) is 6.04 Å². The normalized spacial score (nSPS) is 12.2. The zero-order valence-electron chi connectivity index (χ0n) is 10.6. The molecule has 1 unspecified atom stereocenters. The van der Waals surface area contributed by atoms with Crippen molar-refractivity contribution in [2.24, 2.45) is 5.84 Å². The summed E-state index contributed by atoms with van der Waals surface area (Å²) in [6, 6.07) is 11.3. The molecule has 0 amide bonds. The minimum absolute atomic E-state index is 0.129. The number of aromatic nitrogens is 1. The van der Waals surface area contributed by atoms with Crippen molar-refractivity contribution in [3.8, 4) is 5.75 Å². The number of pyridine rings is 1. The topological polar surface area (TPSA) is 60.2 Å². The summed E-state index contributed by atoms with van der Waals surface area (Å²) in [4.78, 5) is 3.97. The van der Waals surface area contributed by atoms with Crippen LogP contribution < -0.4 is 16.0 Å². The van der Waals surface area contributed by atoms with Crippen molar-refractivity contribution < 1.29 is 4.74 Å². The summed E-state index contributed by atoms with van der Waals surface area (Å²) in [6.07, 6.45) is 1.66. The van der Waals surface area contributed by atoms with Gasteiger partial charge in [0.15, 0.2) is 0 Å². The van der Waals surface area contributed by atoms with Gasteiger partial charge in [-0.05, 0) is 42.3 Å². The predicted molar refractivity (Wildman–Crippen MR) is 76.0 cm³/mol. The highest BCUT2D eigenvalue weighted by Gasteiger charge is 2.12. The van der Waals surface area contributed by atoms with Gasteiger partial charge in [0.05, 0.1) is 12.6 Å². The van der Waals surface area contributed by atoms with Crippen molar-refractivity contribution in [1.29, 1.82) is 0 Å². The van der Waals surface area contributed by atoms with E-state index in [0.29, 0.717) is 11.8 Å². The van der Waals surface area contributed by atoms with Crippen LogP contribution in [-0.4, -0.2) is 11.6 Å². The van der Waals surface area contributed by atoms with E-state index < -0.39 is 0 Å². The average molecular weight is 278 g/mol. The van der Waals surface area contributed by atoms with Crippen molar-refractivity contribution in [3.05, 3.63) is 58.9 Å². The fourth-order valence-corrected chi connectivity index (χ4v) is 2.09. The molecule has 0 saturated heterocycles. The zero-order valence-corrected chi connectivity index (χ0v) is 11.4. The molecule has 100 valence electrons. The maximum Gasteiger partial charge on any atom is 0.129 e. The van der Waals surface area contributed by atoms with E-state index in [1.807, 2.05) is 37.3 Å². The Morgan fingerprint density at radius 1 is 1.26 bits per heavy atom. The molecule has 0 bridgehead atoms. The lowest BCUT2D eigenvalue weighted by atomic mass is 10.0. The van der Waals surface area contributed by atoms with Crippen molar-refractivity contribution in [1.82, 2.24) is 10.4 Å². The quantitative estimate of drug-likeness (QED) is 0.501. The highest BCUT2D eigenvalue weighted by Crippen LogP contribution is 2.24. The molecule has 0 saturated carbocycles. The first-order valence-electron chi connectivity index (χ1n) is 6.05. The van der Waals surface area contributed by atoms with E-state index in [9.17, 15) is 0 Å². The van der Waals surface area contributed by atoms with E-state index >= 15 is 0 Å². The van der Waals surface area contributed by atoms with Crippen LogP contribution in [0.3, 0.4) is 0 Å². The molecule has 1 heterocycles. The second-order valence-corrected chi connectivity index (χ2v) is 4.40. The van der Waals surface area contributed by atoms with Crippen molar-refractivity contribution in [2.45, 2.75) is 13.0 Å². The first-order chi connectivity index (χ1) is 9.24. The van der Waals surface area contributed by atoms with Gasteiger partial charge in [0, 0.05) is 6.20 Å². The summed E-state index contributed by atoms with van der Waals surface area (Å²) in [5.74, 6) is 6.48. The molecule has 0 aliphatic rings. The van der Waals surface area contributed by atoms with Gasteiger partial charge in [-0.1, -0.05) is 23.7 Å². The molecule has 2 aromatic rings. The van der Waals surface area contributed by atoms with Gasteiger partial charge in [-0.15, -0.1) is 0 Å². The highest BCUT2D eigenvalue weighted by molar-refractivity contribution is 6.29. The van der Waals surface area contributed by atoms with Crippen molar-refractivity contribution in [3.63, 3.8) is 0 Å². The van der Waals surface area contributed by atoms with Gasteiger partial charge >= 0.3 is 0 Å². The van der Waals surface area contributed by atoms with Crippen LogP contribution >= 0.6 is 11.6 Å². The zero-order chi connectivity index (χ0) is 13.7. The molecule has 3 N–H and O–H groups in total. The Bertz CT molecular complexity index is 530. The van der Waals surface area contributed by atoms with Crippen LogP contribution in [0.1, 0.15) is 24.1 Å². The number of halogens is 1. The number of benzene rings is 1. The summed E-state index contributed by atoms with van der Waals surface area (Å²) in [5, 5.41) is 0.448. The van der Waals surface area contributed by atoms with E-state index in [1.54, 1.807) is 12.3 Å². The third-order valence-electron chi connectivity index (χ3n) is 2.78. The number of hydrazine groups is 1. The fraction of sp³-hybridized carbons (Fsp3) is 0.214. The summed E-state index contributed by atoms with van der Waals surface area (Å²) < 4.78 is 5.42. The predicted octanol–water partition coefficient (Wildman–Crippen LogP) is 2.69. The molecule has 0 aliphatic carbocycles. The Morgan fingerprint density at radius 2 is 2.00 bits per heavy atom. The fourth-order valence-electron chi connectivity index (χ4n) is 1.91. The largest absolute Gasteiger partial charge is 0.494 e. The molecule has 1 aromatic carbocycles. The van der Waals surface area contributed by atoms with Crippen LogP contribution in [0.4, 0.5) is 0 Å². The number of hydrogen-bond acceptors (Lipinski definition) is 4. The van der Waals surface area contributed by atoms with Crippen LogP contribution in [0.25, 0.3) is 0 Å². The maximum atomic E-state index is 5.90. The Hall–Kier alpha value is -1.62. The summed E-state index contributed by atoms with van der Waals surface area (Å²) in [5.41, 5.74) is 4.79. The molecule has 1 atom stereocenters. The Balaban J connectivity index is 2.26. The van der Waals surface area contributed by atoms with Crippen LogP contribution in [0, 0.1) is 0 Å². The molecule has 0 spiro atoms. The van der Waals surface area contributed by atoms with Crippen molar-refractivity contribution in [2.75, 3.05) is 6.61 Å². The first-order valence-corrected chi connectivity index (χ1v) is 6.42. The number of hydrogen-bond donors (Lipinski definition) is 2. The molecule has 4 nitrogen and oxygen atoms in total. The van der Waals surface area contributed by atoms with E-state index in [4.69, 9.17) is 22.2 Å². The third kappa shape index (κ3) is 3.44. The van der Waals surface area contributed by atoms with Gasteiger partial charge in [0.25, 0.3) is 0 Å². The first kappa shape index (κ1) is 13.8. The minimum Gasteiger partial charge on any atom is -0.494 e. The standard InChI is InChI=1S/C14H16ClN3O/c1-2-19-12-5-3-10(4-6-12)14(18-16)11-7-8-17-13(15)9-11/h3-9,14,18H,2,16H2,1H3. The van der Waals surface area contributed by atoms with Gasteiger partial charge in [-0.3, -0.25) is 5.84 Å². The molecule has 19 heavy (non-hydrogen) atoms. The molecule has 0 fully saturated rings. The summed E-state index contributed by atoms with van der Waals surface area (Å²) in [6.45, 7) is 2.61. The van der Waals surface area contributed by atoms with Crippen molar-refractivity contribution >= 4 is 11.6 Å². The van der Waals surface area contributed by atoms with Gasteiger partial charge in [-0.2, -0.15) is 0 Å². The number of nitrogens with two attached hydrogens (primary N) is 1. The number of nitrogens with one attached hydrogen (secondary N) is 1. The summed E-state index contributed by atoms with van der Waals surface area (Å²) >= 11 is 5.90. The van der Waals surface area contributed by atoms with Crippen LogP contribution in [0.5, 0.6) is 5.75 Å². The number of rotatable bonds is 5. The van der Waals surface area contributed by atoms with E-state index in [0.717, 1.165) is 16.9 Å². The Morgan fingerprint density at radius 3 is 2.58 bits per heavy atom. The Kier molecular flexibility index (Phi) is 4.74. The summed E-state index contributed by atoms with van der Waals surface area (Å²) in [7, 11) is 0. The molecular formula is C14H16ClN3O. The monoisotopic (exact) mass is 277 g/mol. The van der Waals surface area contributed by atoms with Gasteiger partial charge < -0.3 is 4.74 Å². The molecule has 1 aromatic heterocycles. The lowest BCUT2D eigenvalue weighted by Gasteiger charge is -2.17. The minimum atomic E-state index is -0.129. The van der Waals surface area contributed by atoms with Gasteiger partial charge in [-0.25, -0.2) is 10.4 Å². The number of nitrogens with zero attached hydrogens (tertiary/aromatic N) is 1. The number of ether oxygens (including phenoxy) is 1. The van der Waals surface area contributed by atoms with Crippen LogP contribution in [0.15, 0.2) is 42.6 Å². The van der Waals surface area contributed by atoms with Gasteiger partial charge in [0.1, 0.15) is 10.9 Å². The van der Waals surface area contributed by atoms with Gasteiger partial charge in [0.2, 0.25) is 0 Å². The SMILES string of the molecule is CCOc1ccc(C(NN)c2ccnc(Cl)c2)cc1. The second-order valence-electron chi connectivity index (χ2n) is 4.01. The van der Waals surface area contributed by atoms with Crippen LogP contribution in [-0.2, 0) is 0 Å². The molecule has 5 heteroatoms. The average Bonchev–Trinajstić information content (AvgIpc) is 2.42. The van der Waals surface area contributed by atoms with Crippen LogP contribution in [0.2, 0.25) is 5.15 Å². The highest BCUT2D eigenvalue weighted by atomic mass is 35.5. The maximum absolute atomic E-state index is 5.90. The van der Waals surface area contributed by atoms with E-state index in [2.05, 4.69) is 10.4 Å².